The largest absolute Gasteiger partial charge is 0.258 e. The van der Waals surface area contributed by atoms with Crippen molar-refractivity contribution in [3.63, 3.8) is 0 Å². The van der Waals surface area contributed by atoms with Crippen molar-refractivity contribution in [2.24, 2.45) is 10.9 Å². The van der Waals surface area contributed by atoms with Crippen LogP contribution in [0, 0.1) is 5.92 Å². The molecule has 114 valence electrons. The van der Waals surface area contributed by atoms with Crippen molar-refractivity contribution in [1.82, 2.24) is 0 Å². The van der Waals surface area contributed by atoms with Crippen molar-refractivity contribution in [2.45, 2.75) is 73.6 Å². The van der Waals surface area contributed by atoms with E-state index < -0.39 is 0 Å². The molecule has 0 rings (SSSR count). The molecule has 0 amide bonds. The van der Waals surface area contributed by atoms with Crippen molar-refractivity contribution < 1.29 is 0 Å². The highest BCUT2D eigenvalue weighted by Crippen LogP contribution is 2.16. The first kappa shape index (κ1) is 18.9. The highest BCUT2D eigenvalue weighted by atomic mass is 14.8. The third-order valence-corrected chi connectivity index (χ3v) is 3.27. The van der Waals surface area contributed by atoms with E-state index in [4.69, 9.17) is 4.99 Å². The second kappa shape index (κ2) is 10.7. The maximum absolute atomic E-state index is 4.82. The molecule has 0 atom stereocenters. The smallest absolute Gasteiger partial charge is 0.0615 e. The highest BCUT2D eigenvalue weighted by molar-refractivity contribution is 5.83. The van der Waals surface area contributed by atoms with E-state index in [2.05, 4.69) is 60.3 Å². The average Bonchev–Trinajstić information content (AvgIpc) is 2.37. The Balaban J connectivity index is 4.68. The molecule has 0 saturated heterocycles. The van der Waals surface area contributed by atoms with Crippen LogP contribution in [0.2, 0.25) is 0 Å². The van der Waals surface area contributed by atoms with Gasteiger partial charge in [-0.15, -0.1) is 0 Å². The lowest BCUT2D eigenvalue weighted by atomic mass is 10.1. The van der Waals surface area contributed by atoms with Crippen LogP contribution in [-0.4, -0.2) is 5.71 Å². The van der Waals surface area contributed by atoms with Crippen LogP contribution in [0.4, 0.5) is 0 Å². The van der Waals surface area contributed by atoms with Gasteiger partial charge in [0.05, 0.1) is 5.70 Å². The van der Waals surface area contributed by atoms with Crippen molar-refractivity contribution in [2.75, 3.05) is 0 Å². The molecule has 0 aliphatic rings. The SMILES string of the molecule is C=C(CC)CCC/C(C)=N/C(=C/CC)C(/C)=C\C(C)C. The zero-order valence-electron chi connectivity index (χ0n) is 14.4. The summed E-state index contributed by atoms with van der Waals surface area (Å²) in [6.45, 7) is 17.1. The van der Waals surface area contributed by atoms with E-state index in [-0.39, 0.29) is 0 Å². The summed E-state index contributed by atoms with van der Waals surface area (Å²) in [5, 5.41) is 0. The van der Waals surface area contributed by atoms with Crippen molar-refractivity contribution in [3.8, 4) is 0 Å². The van der Waals surface area contributed by atoms with Gasteiger partial charge in [0.25, 0.3) is 0 Å². The van der Waals surface area contributed by atoms with E-state index in [0.29, 0.717) is 5.92 Å². The third-order valence-electron chi connectivity index (χ3n) is 3.27. The molecule has 1 nitrogen and oxygen atoms in total. The van der Waals surface area contributed by atoms with Gasteiger partial charge >= 0.3 is 0 Å². The Morgan fingerprint density at radius 2 is 1.80 bits per heavy atom. The van der Waals surface area contributed by atoms with Crippen LogP contribution < -0.4 is 0 Å². The minimum absolute atomic E-state index is 0.568. The Morgan fingerprint density at radius 3 is 2.30 bits per heavy atom. The lowest BCUT2D eigenvalue weighted by molar-refractivity contribution is 0.817. The molecule has 0 saturated carbocycles. The van der Waals surface area contributed by atoms with Gasteiger partial charge in [-0.2, -0.15) is 0 Å². The number of rotatable bonds is 9. The van der Waals surface area contributed by atoms with Gasteiger partial charge in [0, 0.05) is 5.71 Å². The van der Waals surface area contributed by atoms with Gasteiger partial charge in [-0.1, -0.05) is 52.0 Å². The van der Waals surface area contributed by atoms with E-state index in [1.807, 2.05) is 0 Å². The highest BCUT2D eigenvalue weighted by Gasteiger charge is 2.01. The predicted octanol–water partition coefficient (Wildman–Crippen LogP) is 6.48. The molecule has 0 aromatic heterocycles. The number of aliphatic imine (C=N–C) groups is 1. The second-order valence-electron chi connectivity index (χ2n) is 5.90. The van der Waals surface area contributed by atoms with E-state index in [1.54, 1.807) is 0 Å². The van der Waals surface area contributed by atoms with E-state index in [1.165, 1.54) is 16.9 Å². The number of allylic oxidation sites excluding steroid dienone is 4. The van der Waals surface area contributed by atoms with Crippen LogP contribution in [0.15, 0.2) is 40.6 Å². The minimum atomic E-state index is 0.568. The number of hydrogen-bond acceptors (Lipinski definition) is 1. The molecule has 0 aliphatic heterocycles. The Hall–Kier alpha value is -1.11. The van der Waals surface area contributed by atoms with Gasteiger partial charge < -0.3 is 0 Å². The van der Waals surface area contributed by atoms with Crippen LogP contribution in [-0.2, 0) is 0 Å². The zero-order chi connectivity index (χ0) is 15.5. The third kappa shape index (κ3) is 8.90. The Morgan fingerprint density at radius 1 is 1.15 bits per heavy atom. The summed E-state index contributed by atoms with van der Waals surface area (Å²) >= 11 is 0. The normalized spacial score (nSPS) is 14.1. The quantitative estimate of drug-likeness (QED) is 0.259. The van der Waals surface area contributed by atoms with Gasteiger partial charge in [-0.25, -0.2) is 0 Å². The molecule has 0 aromatic rings. The van der Waals surface area contributed by atoms with E-state index >= 15 is 0 Å². The van der Waals surface area contributed by atoms with Gasteiger partial charge in [0.15, 0.2) is 0 Å². The summed E-state index contributed by atoms with van der Waals surface area (Å²) < 4.78 is 0. The molecule has 0 bridgehead atoms. The molecular formula is C19H33N. The Labute approximate surface area is 126 Å². The van der Waals surface area contributed by atoms with Gasteiger partial charge in [-0.05, 0) is 57.4 Å². The molecule has 1 heteroatoms. The van der Waals surface area contributed by atoms with Gasteiger partial charge in [0.2, 0.25) is 0 Å². The van der Waals surface area contributed by atoms with Crippen molar-refractivity contribution in [1.29, 1.82) is 0 Å². The molecule has 0 heterocycles. The van der Waals surface area contributed by atoms with Crippen LogP contribution in [0.5, 0.6) is 0 Å². The van der Waals surface area contributed by atoms with E-state index in [9.17, 15) is 0 Å². The van der Waals surface area contributed by atoms with Crippen LogP contribution in [0.1, 0.15) is 73.6 Å². The molecular weight excluding hydrogens is 242 g/mol. The summed E-state index contributed by atoms with van der Waals surface area (Å²) in [5.74, 6) is 0.568. The summed E-state index contributed by atoms with van der Waals surface area (Å²) in [5.41, 5.74) is 5.01. The topological polar surface area (TPSA) is 12.4 Å². The molecule has 0 aromatic carbocycles. The number of hydrogen-bond donors (Lipinski definition) is 0. The fraction of sp³-hybridized carbons (Fsp3) is 0.632. The lowest BCUT2D eigenvalue weighted by Gasteiger charge is -2.08. The lowest BCUT2D eigenvalue weighted by Crippen LogP contribution is -1.96. The molecule has 0 aliphatic carbocycles. The minimum Gasteiger partial charge on any atom is -0.258 e. The van der Waals surface area contributed by atoms with Crippen LogP contribution >= 0.6 is 0 Å². The zero-order valence-corrected chi connectivity index (χ0v) is 14.4. The van der Waals surface area contributed by atoms with Crippen molar-refractivity contribution >= 4 is 5.71 Å². The monoisotopic (exact) mass is 275 g/mol. The molecule has 20 heavy (non-hydrogen) atoms. The van der Waals surface area contributed by atoms with Gasteiger partial charge in [-0.3, -0.25) is 4.99 Å². The fourth-order valence-corrected chi connectivity index (χ4v) is 2.11. The fourth-order valence-electron chi connectivity index (χ4n) is 2.11. The molecule has 0 unspecified atom stereocenters. The Kier molecular flexibility index (Phi) is 10.1. The average molecular weight is 275 g/mol. The molecule has 0 radical (unpaired) electrons. The van der Waals surface area contributed by atoms with Gasteiger partial charge in [0.1, 0.15) is 0 Å². The molecule has 0 N–H and O–H groups in total. The number of nitrogens with zero attached hydrogens (tertiary/aromatic N) is 1. The first-order chi connectivity index (χ1) is 9.40. The maximum atomic E-state index is 4.82. The molecule has 0 spiro atoms. The molecule has 0 fully saturated rings. The second-order valence-corrected chi connectivity index (χ2v) is 5.90. The first-order valence-corrected chi connectivity index (χ1v) is 8.00. The predicted molar refractivity (Wildman–Crippen MR) is 93.4 cm³/mol. The first-order valence-electron chi connectivity index (χ1n) is 8.00. The van der Waals surface area contributed by atoms with Crippen LogP contribution in [0.25, 0.3) is 0 Å². The summed E-state index contributed by atoms with van der Waals surface area (Å²) in [6.07, 6.45) is 9.98. The van der Waals surface area contributed by atoms with Crippen molar-refractivity contribution in [3.05, 3.63) is 35.6 Å². The Bertz CT molecular complexity index is 381. The summed E-state index contributed by atoms with van der Waals surface area (Å²) in [7, 11) is 0. The summed E-state index contributed by atoms with van der Waals surface area (Å²) in [4.78, 5) is 4.82. The summed E-state index contributed by atoms with van der Waals surface area (Å²) in [6, 6.07) is 0. The van der Waals surface area contributed by atoms with E-state index in [0.717, 1.165) is 37.8 Å². The van der Waals surface area contributed by atoms with Crippen LogP contribution in [0.3, 0.4) is 0 Å². The maximum Gasteiger partial charge on any atom is 0.0615 e. The standard InChI is InChI=1S/C19H33N/c1-8-11-19(17(6)14-15(3)4)20-18(7)13-10-12-16(5)9-2/h11,14-15H,5,8-10,12-13H2,1-4,6-7H3/b17-14-,19-11+,20-18+.